The normalized spacial score (nSPS) is 12.1. The molecule has 1 atom stereocenters. The van der Waals surface area contributed by atoms with Crippen LogP contribution in [0.4, 0.5) is 0 Å². The maximum Gasteiger partial charge on any atom is 0.325 e. The Balaban J connectivity index is 4.24. The van der Waals surface area contributed by atoms with Gasteiger partial charge in [-0.25, -0.2) is 0 Å². The molecule has 1 N–H and O–H groups in total. The van der Waals surface area contributed by atoms with Gasteiger partial charge in [-0.3, -0.25) is 14.4 Å². The number of carbonyl (C=O) groups excluding carboxylic acids is 3. The topological polar surface area (TPSA) is 72.5 Å². The zero-order chi connectivity index (χ0) is 13.4. The first-order valence-corrected chi connectivity index (χ1v) is 6.35. The molecule has 0 spiro atoms. The van der Waals surface area contributed by atoms with Crippen molar-refractivity contribution >= 4 is 28.8 Å². The Morgan fingerprint density at radius 1 is 1.29 bits per heavy atom. The highest BCUT2D eigenvalue weighted by molar-refractivity contribution is 8.13. The minimum absolute atomic E-state index is 0.0172. The SMILES string of the molecule is COC(=O)CNC(=O)C(CSC(C)=O)C(C)C. The summed E-state index contributed by atoms with van der Waals surface area (Å²) in [6.45, 7) is 5.14. The van der Waals surface area contributed by atoms with Crippen molar-refractivity contribution in [2.45, 2.75) is 20.8 Å². The summed E-state index contributed by atoms with van der Waals surface area (Å²) >= 11 is 1.12. The third-order valence-electron chi connectivity index (χ3n) is 2.24. The van der Waals surface area contributed by atoms with E-state index in [4.69, 9.17) is 0 Å². The van der Waals surface area contributed by atoms with Gasteiger partial charge in [0.05, 0.1) is 7.11 Å². The van der Waals surface area contributed by atoms with Crippen LogP contribution in [0.5, 0.6) is 0 Å². The molecule has 1 unspecified atom stereocenters. The number of rotatable bonds is 6. The molecule has 0 aliphatic rings. The zero-order valence-electron chi connectivity index (χ0n) is 10.6. The van der Waals surface area contributed by atoms with Crippen LogP contribution < -0.4 is 5.32 Å². The minimum atomic E-state index is -0.486. The molecule has 0 radical (unpaired) electrons. The van der Waals surface area contributed by atoms with Gasteiger partial charge in [-0.1, -0.05) is 25.6 Å². The summed E-state index contributed by atoms with van der Waals surface area (Å²) in [5.74, 6) is -0.452. The number of esters is 1. The van der Waals surface area contributed by atoms with E-state index >= 15 is 0 Å². The lowest BCUT2D eigenvalue weighted by atomic mass is 9.97. The molecule has 5 nitrogen and oxygen atoms in total. The number of thioether (sulfide) groups is 1. The molecule has 0 saturated carbocycles. The molecule has 0 bridgehead atoms. The van der Waals surface area contributed by atoms with Crippen LogP contribution in [0.25, 0.3) is 0 Å². The van der Waals surface area contributed by atoms with Gasteiger partial charge in [0.25, 0.3) is 0 Å². The fourth-order valence-corrected chi connectivity index (χ4v) is 2.09. The fourth-order valence-electron chi connectivity index (χ4n) is 1.14. The van der Waals surface area contributed by atoms with E-state index in [1.54, 1.807) is 0 Å². The van der Waals surface area contributed by atoms with E-state index in [-0.39, 0.29) is 29.4 Å². The van der Waals surface area contributed by atoms with Crippen molar-refractivity contribution in [1.29, 1.82) is 0 Å². The van der Waals surface area contributed by atoms with Gasteiger partial charge in [-0.15, -0.1) is 0 Å². The largest absolute Gasteiger partial charge is 0.468 e. The standard InChI is InChI=1S/C11H19NO4S/c1-7(2)9(6-17-8(3)13)11(15)12-5-10(14)16-4/h7,9H,5-6H2,1-4H3,(H,12,15). The Labute approximate surface area is 106 Å². The lowest BCUT2D eigenvalue weighted by Crippen LogP contribution is -2.38. The Kier molecular flexibility index (Phi) is 7.61. The van der Waals surface area contributed by atoms with Crippen molar-refractivity contribution in [2.75, 3.05) is 19.4 Å². The van der Waals surface area contributed by atoms with E-state index in [0.717, 1.165) is 11.8 Å². The molecular formula is C11H19NO4S. The van der Waals surface area contributed by atoms with Crippen molar-refractivity contribution in [3.05, 3.63) is 0 Å². The van der Waals surface area contributed by atoms with E-state index < -0.39 is 5.97 Å². The molecule has 1 amide bonds. The van der Waals surface area contributed by atoms with Crippen molar-refractivity contribution in [1.82, 2.24) is 5.32 Å². The molecule has 6 heteroatoms. The fraction of sp³-hybridized carbons (Fsp3) is 0.727. The summed E-state index contributed by atoms with van der Waals surface area (Å²) in [7, 11) is 1.26. The van der Waals surface area contributed by atoms with Crippen LogP contribution in [0.15, 0.2) is 0 Å². The van der Waals surface area contributed by atoms with Gasteiger partial charge < -0.3 is 10.1 Å². The van der Waals surface area contributed by atoms with Crippen molar-refractivity contribution in [3.8, 4) is 0 Å². The summed E-state index contributed by atoms with van der Waals surface area (Å²) in [4.78, 5) is 33.5. The van der Waals surface area contributed by atoms with E-state index in [2.05, 4.69) is 10.1 Å². The molecule has 0 aromatic carbocycles. The second-order valence-electron chi connectivity index (χ2n) is 3.95. The summed E-state index contributed by atoms with van der Waals surface area (Å²) in [6, 6.07) is 0. The molecule has 0 aromatic heterocycles. The molecule has 0 aliphatic carbocycles. The number of hydrogen-bond donors (Lipinski definition) is 1. The van der Waals surface area contributed by atoms with E-state index in [1.807, 2.05) is 13.8 Å². The maximum absolute atomic E-state index is 11.8. The summed E-state index contributed by atoms with van der Waals surface area (Å²) < 4.78 is 4.43. The summed E-state index contributed by atoms with van der Waals surface area (Å²) in [5.41, 5.74) is 0. The third kappa shape index (κ3) is 6.99. The lowest BCUT2D eigenvalue weighted by molar-refractivity contribution is -0.141. The van der Waals surface area contributed by atoms with Crippen LogP contribution in [0.2, 0.25) is 0 Å². The van der Waals surface area contributed by atoms with Gasteiger partial charge in [-0.2, -0.15) is 0 Å². The van der Waals surface area contributed by atoms with Crippen LogP contribution in [-0.2, 0) is 19.1 Å². The van der Waals surface area contributed by atoms with Crippen molar-refractivity contribution in [2.24, 2.45) is 11.8 Å². The third-order valence-corrected chi connectivity index (χ3v) is 3.17. The van der Waals surface area contributed by atoms with Gasteiger partial charge in [0.1, 0.15) is 6.54 Å². The minimum Gasteiger partial charge on any atom is -0.468 e. The maximum atomic E-state index is 11.8. The number of ether oxygens (including phenoxy) is 1. The van der Waals surface area contributed by atoms with Gasteiger partial charge in [0.2, 0.25) is 5.91 Å². The Hall–Kier alpha value is -1.04. The number of amides is 1. The second kappa shape index (κ2) is 8.11. The van der Waals surface area contributed by atoms with Crippen LogP contribution in [0.3, 0.4) is 0 Å². The summed E-state index contributed by atoms with van der Waals surface area (Å²) in [5, 5.41) is 2.48. The Morgan fingerprint density at radius 3 is 2.29 bits per heavy atom. The average Bonchev–Trinajstić information content (AvgIpc) is 2.25. The van der Waals surface area contributed by atoms with Gasteiger partial charge in [0, 0.05) is 18.6 Å². The highest BCUT2D eigenvalue weighted by Crippen LogP contribution is 2.17. The Morgan fingerprint density at radius 2 is 1.88 bits per heavy atom. The van der Waals surface area contributed by atoms with Crippen LogP contribution >= 0.6 is 11.8 Å². The average molecular weight is 261 g/mol. The molecule has 0 saturated heterocycles. The zero-order valence-corrected chi connectivity index (χ0v) is 11.4. The number of methoxy groups -OCH3 is 1. The molecular weight excluding hydrogens is 242 g/mol. The molecule has 0 aromatic rings. The first kappa shape index (κ1) is 16.0. The first-order chi connectivity index (χ1) is 7.88. The predicted octanol–water partition coefficient (Wildman–Crippen LogP) is 0.827. The van der Waals surface area contributed by atoms with Crippen LogP contribution in [-0.4, -0.2) is 36.4 Å². The quantitative estimate of drug-likeness (QED) is 0.717. The first-order valence-electron chi connectivity index (χ1n) is 5.36. The lowest BCUT2D eigenvalue weighted by Gasteiger charge is -2.18. The highest BCUT2D eigenvalue weighted by Gasteiger charge is 2.23. The van der Waals surface area contributed by atoms with E-state index in [9.17, 15) is 14.4 Å². The van der Waals surface area contributed by atoms with Gasteiger partial charge in [0.15, 0.2) is 5.12 Å². The number of nitrogens with one attached hydrogen (secondary N) is 1. The monoisotopic (exact) mass is 261 g/mol. The molecule has 0 heterocycles. The molecule has 0 rings (SSSR count). The Bertz CT molecular complexity index is 291. The van der Waals surface area contributed by atoms with Crippen LogP contribution in [0, 0.1) is 11.8 Å². The molecule has 0 fully saturated rings. The molecule has 0 aliphatic heterocycles. The predicted molar refractivity (Wildman–Crippen MR) is 66.5 cm³/mol. The smallest absolute Gasteiger partial charge is 0.325 e. The number of carbonyl (C=O) groups is 3. The van der Waals surface area contributed by atoms with Crippen molar-refractivity contribution < 1.29 is 19.1 Å². The van der Waals surface area contributed by atoms with E-state index in [1.165, 1.54) is 14.0 Å². The molecule has 17 heavy (non-hydrogen) atoms. The summed E-state index contributed by atoms with van der Waals surface area (Å²) in [6.07, 6.45) is 0. The van der Waals surface area contributed by atoms with E-state index in [0.29, 0.717) is 5.75 Å². The highest BCUT2D eigenvalue weighted by atomic mass is 32.2. The van der Waals surface area contributed by atoms with Gasteiger partial charge >= 0.3 is 5.97 Å². The second-order valence-corrected chi connectivity index (χ2v) is 5.14. The van der Waals surface area contributed by atoms with Crippen molar-refractivity contribution in [3.63, 3.8) is 0 Å². The molecule has 98 valence electrons. The van der Waals surface area contributed by atoms with Gasteiger partial charge in [-0.05, 0) is 5.92 Å². The van der Waals surface area contributed by atoms with Crippen LogP contribution in [0.1, 0.15) is 20.8 Å². The number of hydrogen-bond acceptors (Lipinski definition) is 5.